The number of amides is 1. The molecule has 2 bridgehead atoms. The molecule has 0 N–H and O–H groups in total. The van der Waals surface area contributed by atoms with E-state index in [1.165, 1.54) is 45.1 Å². The van der Waals surface area contributed by atoms with Crippen LogP contribution in [0, 0.1) is 17.8 Å². The third kappa shape index (κ3) is 3.22. The second-order valence-corrected chi connectivity index (χ2v) is 8.95. The first kappa shape index (κ1) is 16.6. The van der Waals surface area contributed by atoms with E-state index in [0.29, 0.717) is 11.8 Å². The standard InChI is InChI=1S/C23H30N2O/c26-23(12-9-17-5-2-1-3-6-17)24-14-18-13-20(16-24)22-8-4-7-21(19-10-11-19)25(22)15-18/h1-3,5-6,9,12,18-22H,4,7-8,10-11,13-16H2/b12-9+/t18-,20+,21+,22-/m0/s1. The molecular formula is C23H30N2O. The predicted octanol–water partition coefficient (Wildman–Crippen LogP) is 3.81. The minimum Gasteiger partial charge on any atom is -0.338 e. The fourth-order valence-corrected chi connectivity index (χ4v) is 5.85. The molecule has 1 amide bonds. The van der Waals surface area contributed by atoms with Crippen molar-refractivity contribution in [1.82, 2.24) is 9.80 Å². The molecule has 3 nitrogen and oxygen atoms in total. The average molecular weight is 351 g/mol. The van der Waals surface area contributed by atoms with Crippen LogP contribution in [0.5, 0.6) is 0 Å². The number of rotatable bonds is 3. The molecule has 138 valence electrons. The van der Waals surface area contributed by atoms with Crippen molar-refractivity contribution in [3.05, 3.63) is 42.0 Å². The van der Waals surface area contributed by atoms with Gasteiger partial charge in [0.1, 0.15) is 0 Å². The van der Waals surface area contributed by atoms with Crippen molar-refractivity contribution in [2.24, 2.45) is 17.8 Å². The molecule has 1 aliphatic carbocycles. The van der Waals surface area contributed by atoms with Crippen LogP contribution in [0.3, 0.4) is 0 Å². The number of benzene rings is 1. The van der Waals surface area contributed by atoms with Crippen molar-refractivity contribution < 1.29 is 4.79 Å². The third-order valence-electron chi connectivity index (χ3n) is 7.13. The van der Waals surface area contributed by atoms with Crippen LogP contribution in [0.1, 0.15) is 44.1 Å². The van der Waals surface area contributed by atoms with Crippen molar-refractivity contribution in [2.45, 2.75) is 50.6 Å². The van der Waals surface area contributed by atoms with Crippen LogP contribution in [0.15, 0.2) is 36.4 Å². The van der Waals surface area contributed by atoms with Crippen LogP contribution in [0.25, 0.3) is 6.08 Å². The molecule has 4 atom stereocenters. The fourth-order valence-electron chi connectivity index (χ4n) is 5.85. The van der Waals surface area contributed by atoms with Crippen LogP contribution in [0.2, 0.25) is 0 Å². The molecule has 0 spiro atoms. The lowest BCUT2D eigenvalue weighted by atomic mass is 9.74. The first-order valence-electron chi connectivity index (χ1n) is 10.6. The molecule has 0 radical (unpaired) electrons. The zero-order valence-corrected chi connectivity index (χ0v) is 15.6. The Bertz CT molecular complexity index is 681. The monoisotopic (exact) mass is 350 g/mol. The zero-order chi connectivity index (χ0) is 17.5. The molecule has 1 aromatic carbocycles. The third-order valence-corrected chi connectivity index (χ3v) is 7.13. The Morgan fingerprint density at radius 1 is 0.923 bits per heavy atom. The molecule has 3 saturated heterocycles. The normalized spacial score (nSPS) is 34.7. The van der Waals surface area contributed by atoms with Crippen molar-refractivity contribution >= 4 is 12.0 Å². The summed E-state index contributed by atoms with van der Waals surface area (Å²) in [6, 6.07) is 11.7. The van der Waals surface area contributed by atoms with E-state index < -0.39 is 0 Å². The molecule has 3 heteroatoms. The van der Waals surface area contributed by atoms with Gasteiger partial charge < -0.3 is 4.90 Å². The summed E-state index contributed by atoms with van der Waals surface area (Å²) in [5.41, 5.74) is 1.10. The van der Waals surface area contributed by atoms with Gasteiger partial charge in [-0.15, -0.1) is 0 Å². The molecular weight excluding hydrogens is 320 g/mol. The van der Waals surface area contributed by atoms with Gasteiger partial charge in [0, 0.05) is 37.8 Å². The quantitative estimate of drug-likeness (QED) is 0.774. The molecule has 0 unspecified atom stereocenters. The number of fused-ring (bicyclic) bond motifs is 4. The van der Waals surface area contributed by atoms with Gasteiger partial charge in [-0.05, 0) is 61.5 Å². The second-order valence-electron chi connectivity index (χ2n) is 8.95. The maximum absolute atomic E-state index is 12.8. The summed E-state index contributed by atoms with van der Waals surface area (Å²) < 4.78 is 0. The lowest BCUT2D eigenvalue weighted by Crippen LogP contribution is -2.62. The highest BCUT2D eigenvalue weighted by Crippen LogP contribution is 2.46. The first-order valence-corrected chi connectivity index (χ1v) is 10.6. The zero-order valence-electron chi connectivity index (χ0n) is 15.6. The van der Waals surface area contributed by atoms with E-state index in [1.54, 1.807) is 6.08 Å². The summed E-state index contributed by atoms with van der Waals surface area (Å²) in [6.45, 7) is 3.15. The van der Waals surface area contributed by atoms with Crippen molar-refractivity contribution in [3.8, 4) is 0 Å². The number of carbonyl (C=O) groups excluding carboxylic acids is 1. The van der Waals surface area contributed by atoms with E-state index in [4.69, 9.17) is 0 Å². The average Bonchev–Trinajstić information content (AvgIpc) is 3.51. The number of hydrogen-bond acceptors (Lipinski definition) is 2. The highest BCUT2D eigenvalue weighted by molar-refractivity contribution is 5.91. The van der Waals surface area contributed by atoms with Crippen molar-refractivity contribution in [3.63, 3.8) is 0 Å². The lowest BCUT2D eigenvalue weighted by Gasteiger charge is -2.55. The Morgan fingerprint density at radius 3 is 2.46 bits per heavy atom. The molecule has 5 rings (SSSR count). The van der Waals surface area contributed by atoms with Gasteiger partial charge in [0.05, 0.1) is 0 Å². The van der Waals surface area contributed by atoms with Crippen molar-refractivity contribution in [2.75, 3.05) is 19.6 Å². The summed E-state index contributed by atoms with van der Waals surface area (Å²) >= 11 is 0. The second kappa shape index (κ2) is 6.84. The summed E-state index contributed by atoms with van der Waals surface area (Å²) in [4.78, 5) is 17.8. The van der Waals surface area contributed by atoms with Gasteiger partial charge in [-0.2, -0.15) is 0 Å². The van der Waals surface area contributed by atoms with Crippen molar-refractivity contribution in [1.29, 1.82) is 0 Å². The van der Waals surface area contributed by atoms with Gasteiger partial charge in [0.15, 0.2) is 0 Å². The van der Waals surface area contributed by atoms with Crippen LogP contribution in [0.4, 0.5) is 0 Å². The molecule has 26 heavy (non-hydrogen) atoms. The van der Waals surface area contributed by atoms with E-state index in [1.807, 2.05) is 36.4 Å². The van der Waals surface area contributed by atoms with E-state index >= 15 is 0 Å². The predicted molar refractivity (Wildman–Crippen MR) is 105 cm³/mol. The summed E-state index contributed by atoms with van der Waals surface area (Å²) in [5, 5.41) is 0. The Labute approximate surface area is 157 Å². The van der Waals surface area contributed by atoms with Gasteiger partial charge in [0.2, 0.25) is 5.91 Å². The number of piperidine rings is 3. The van der Waals surface area contributed by atoms with Crippen LogP contribution in [-0.4, -0.2) is 47.4 Å². The SMILES string of the molecule is O=C(/C=C/c1ccccc1)N1C[C@@H]2C[C@H](C1)[C@@H]1CCC[C@H](C3CC3)N1C2. The molecule has 3 heterocycles. The van der Waals surface area contributed by atoms with Gasteiger partial charge >= 0.3 is 0 Å². The van der Waals surface area contributed by atoms with E-state index in [2.05, 4.69) is 9.80 Å². The molecule has 1 aromatic rings. The highest BCUT2D eigenvalue weighted by Gasteiger charge is 2.48. The maximum Gasteiger partial charge on any atom is 0.246 e. The number of hydrogen-bond donors (Lipinski definition) is 0. The molecule has 4 fully saturated rings. The van der Waals surface area contributed by atoms with Crippen LogP contribution in [-0.2, 0) is 4.79 Å². The van der Waals surface area contributed by atoms with Gasteiger partial charge in [-0.25, -0.2) is 0 Å². The van der Waals surface area contributed by atoms with E-state index in [0.717, 1.165) is 36.7 Å². The smallest absolute Gasteiger partial charge is 0.246 e. The Balaban J connectivity index is 1.27. The van der Waals surface area contributed by atoms with Gasteiger partial charge in [-0.1, -0.05) is 36.8 Å². The summed E-state index contributed by atoms with van der Waals surface area (Å²) in [5.74, 6) is 2.56. The molecule has 1 saturated carbocycles. The molecule has 4 aliphatic rings. The molecule has 0 aromatic heterocycles. The van der Waals surface area contributed by atoms with E-state index in [9.17, 15) is 4.79 Å². The topological polar surface area (TPSA) is 23.6 Å². The van der Waals surface area contributed by atoms with Crippen LogP contribution < -0.4 is 0 Å². The highest BCUT2D eigenvalue weighted by atomic mass is 16.2. The maximum atomic E-state index is 12.8. The lowest BCUT2D eigenvalue weighted by molar-refractivity contribution is -0.134. The largest absolute Gasteiger partial charge is 0.338 e. The number of likely N-dealkylation sites (tertiary alicyclic amines) is 1. The summed E-state index contributed by atoms with van der Waals surface area (Å²) in [6.07, 6.45) is 12.2. The Kier molecular flexibility index (Phi) is 4.36. The fraction of sp³-hybridized carbons (Fsp3) is 0.609. The van der Waals surface area contributed by atoms with Crippen LogP contribution >= 0.6 is 0 Å². The van der Waals surface area contributed by atoms with Gasteiger partial charge in [-0.3, -0.25) is 9.69 Å². The first-order chi connectivity index (χ1) is 12.8. The summed E-state index contributed by atoms with van der Waals surface area (Å²) in [7, 11) is 0. The Morgan fingerprint density at radius 2 is 1.69 bits per heavy atom. The minimum atomic E-state index is 0.201. The number of nitrogens with zero attached hydrogens (tertiary/aromatic N) is 2. The van der Waals surface area contributed by atoms with E-state index in [-0.39, 0.29) is 5.91 Å². The molecule has 3 aliphatic heterocycles. The minimum absolute atomic E-state index is 0.201. The van der Waals surface area contributed by atoms with Gasteiger partial charge in [0.25, 0.3) is 0 Å². The Hall–Kier alpha value is -1.61. The number of carbonyl (C=O) groups is 1.